The summed E-state index contributed by atoms with van der Waals surface area (Å²) in [6.45, 7) is 7.82. The SMILES string of the molecule is C=C/C=C(\C(C)(C)C)C(F)(F)F. The van der Waals surface area contributed by atoms with E-state index in [2.05, 4.69) is 6.58 Å². The number of alkyl halides is 3. The van der Waals surface area contributed by atoms with Crippen LogP contribution in [0.5, 0.6) is 0 Å². The molecule has 0 aliphatic rings. The van der Waals surface area contributed by atoms with Gasteiger partial charge in [-0.2, -0.15) is 13.2 Å². The zero-order valence-corrected chi connectivity index (χ0v) is 7.50. The maximum Gasteiger partial charge on any atom is 0.413 e. The van der Waals surface area contributed by atoms with Gasteiger partial charge in [-0.3, -0.25) is 0 Å². The molecule has 12 heavy (non-hydrogen) atoms. The monoisotopic (exact) mass is 178 g/mol. The lowest BCUT2D eigenvalue weighted by atomic mass is 9.86. The lowest BCUT2D eigenvalue weighted by molar-refractivity contribution is -0.104. The van der Waals surface area contributed by atoms with E-state index in [0.717, 1.165) is 12.2 Å². The second-order valence-electron chi connectivity index (χ2n) is 3.56. The molecular weight excluding hydrogens is 165 g/mol. The number of allylic oxidation sites excluding steroid dienone is 3. The van der Waals surface area contributed by atoms with E-state index >= 15 is 0 Å². The minimum absolute atomic E-state index is 0.551. The molecule has 3 heteroatoms. The van der Waals surface area contributed by atoms with Gasteiger partial charge in [-0.25, -0.2) is 0 Å². The second-order valence-corrected chi connectivity index (χ2v) is 3.56. The molecule has 0 saturated carbocycles. The quantitative estimate of drug-likeness (QED) is 0.537. The van der Waals surface area contributed by atoms with Crippen molar-refractivity contribution in [1.29, 1.82) is 0 Å². The summed E-state index contributed by atoms with van der Waals surface area (Å²) in [5.41, 5.74) is -1.43. The highest BCUT2D eigenvalue weighted by molar-refractivity contribution is 5.21. The summed E-state index contributed by atoms with van der Waals surface area (Å²) in [6.07, 6.45) is -2.08. The van der Waals surface area contributed by atoms with Gasteiger partial charge in [0.15, 0.2) is 0 Å². The molecule has 0 unspecified atom stereocenters. The smallest absolute Gasteiger partial charge is 0.166 e. The van der Waals surface area contributed by atoms with Crippen LogP contribution < -0.4 is 0 Å². The summed E-state index contributed by atoms with van der Waals surface area (Å²) in [6, 6.07) is 0. The molecule has 0 heterocycles. The Morgan fingerprint density at radius 1 is 1.17 bits per heavy atom. The fourth-order valence-electron chi connectivity index (χ4n) is 0.888. The van der Waals surface area contributed by atoms with Crippen LogP contribution >= 0.6 is 0 Å². The van der Waals surface area contributed by atoms with Crippen molar-refractivity contribution in [2.24, 2.45) is 5.41 Å². The minimum atomic E-state index is -4.26. The number of hydrogen-bond acceptors (Lipinski definition) is 0. The van der Waals surface area contributed by atoms with E-state index < -0.39 is 17.2 Å². The summed E-state index contributed by atoms with van der Waals surface area (Å²) in [5, 5.41) is 0. The van der Waals surface area contributed by atoms with Crippen molar-refractivity contribution >= 4 is 0 Å². The summed E-state index contributed by atoms with van der Waals surface area (Å²) in [4.78, 5) is 0. The van der Waals surface area contributed by atoms with Crippen LogP contribution in [0.15, 0.2) is 24.3 Å². The Bertz CT molecular complexity index is 175. The topological polar surface area (TPSA) is 0 Å². The third kappa shape index (κ3) is 3.11. The number of rotatable bonds is 1. The number of halogens is 3. The minimum Gasteiger partial charge on any atom is -0.166 e. The van der Waals surface area contributed by atoms with E-state index in [1.165, 1.54) is 20.8 Å². The van der Waals surface area contributed by atoms with Crippen molar-refractivity contribution in [2.75, 3.05) is 0 Å². The lowest BCUT2D eigenvalue weighted by Gasteiger charge is -2.24. The zero-order chi connectivity index (χ0) is 9.99. The first-order chi connectivity index (χ1) is 5.19. The van der Waals surface area contributed by atoms with Crippen LogP contribution in [0, 0.1) is 5.41 Å². The van der Waals surface area contributed by atoms with Gasteiger partial charge in [0.1, 0.15) is 0 Å². The molecule has 0 fully saturated rings. The predicted molar refractivity (Wildman–Crippen MR) is 43.8 cm³/mol. The van der Waals surface area contributed by atoms with Crippen molar-refractivity contribution in [3.8, 4) is 0 Å². The predicted octanol–water partition coefficient (Wildman–Crippen LogP) is 3.71. The van der Waals surface area contributed by atoms with Crippen molar-refractivity contribution in [2.45, 2.75) is 26.9 Å². The van der Waals surface area contributed by atoms with Crippen LogP contribution in [0.3, 0.4) is 0 Å². The standard InChI is InChI=1S/C9H13F3/c1-5-6-7(8(2,3)4)9(10,11)12/h5-6H,1H2,2-4H3/b7-6+. The third-order valence-electron chi connectivity index (χ3n) is 1.40. The zero-order valence-electron chi connectivity index (χ0n) is 7.50. The van der Waals surface area contributed by atoms with Gasteiger partial charge < -0.3 is 0 Å². The molecule has 0 N–H and O–H groups in total. The van der Waals surface area contributed by atoms with E-state index in [9.17, 15) is 13.2 Å². The lowest BCUT2D eigenvalue weighted by Crippen LogP contribution is -2.23. The highest BCUT2D eigenvalue weighted by atomic mass is 19.4. The highest BCUT2D eigenvalue weighted by Gasteiger charge is 2.39. The van der Waals surface area contributed by atoms with E-state index in [0.29, 0.717) is 0 Å². The van der Waals surface area contributed by atoms with Gasteiger partial charge in [0.25, 0.3) is 0 Å². The number of hydrogen-bond donors (Lipinski definition) is 0. The molecule has 0 radical (unpaired) electrons. The molecule has 0 aliphatic carbocycles. The third-order valence-corrected chi connectivity index (χ3v) is 1.40. The Hall–Kier alpha value is -0.730. The molecule has 0 atom stereocenters. The maximum absolute atomic E-state index is 12.3. The fourth-order valence-corrected chi connectivity index (χ4v) is 0.888. The van der Waals surface area contributed by atoms with Crippen LogP contribution in [0.25, 0.3) is 0 Å². The molecule has 0 aliphatic heterocycles. The van der Waals surface area contributed by atoms with Gasteiger partial charge >= 0.3 is 6.18 Å². The molecule has 0 rings (SSSR count). The van der Waals surface area contributed by atoms with Crippen LogP contribution in [-0.4, -0.2) is 6.18 Å². The van der Waals surface area contributed by atoms with E-state index in [4.69, 9.17) is 0 Å². The van der Waals surface area contributed by atoms with Crippen molar-refractivity contribution in [1.82, 2.24) is 0 Å². The van der Waals surface area contributed by atoms with Crippen LogP contribution in [-0.2, 0) is 0 Å². The van der Waals surface area contributed by atoms with E-state index in [-0.39, 0.29) is 0 Å². The van der Waals surface area contributed by atoms with Gasteiger partial charge in [-0.05, 0) is 5.41 Å². The summed E-state index contributed by atoms with van der Waals surface area (Å²) >= 11 is 0. The Kier molecular flexibility index (Phi) is 3.13. The Labute approximate surface area is 70.8 Å². The molecular formula is C9H13F3. The Morgan fingerprint density at radius 3 is 1.67 bits per heavy atom. The van der Waals surface area contributed by atoms with Crippen LogP contribution in [0.1, 0.15) is 20.8 Å². The average molecular weight is 178 g/mol. The summed E-state index contributed by atoms with van der Waals surface area (Å²) < 4.78 is 36.9. The molecule has 0 aromatic carbocycles. The first-order valence-corrected chi connectivity index (χ1v) is 3.60. The normalized spacial score (nSPS) is 14.7. The highest BCUT2D eigenvalue weighted by Crippen LogP contribution is 2.38. The van der Waals surface area contributed by atoms with Crippen LogP contribution in [0.4, 0.5) is 13.2 Å². The van der Waals surface area contributed by atoms with E-state index in [1.54, 1.807) is 0 Å². The molecule has 0 saturated heterocycles. The van der Waals surface area contributed by atoms with Gasteiger partial charge in [0.2, 0.25) is 0 Å². The van der Waals surface area contributed by atoms with Gasteiger partial charge in [0.05, 0.1) is 0 Å². The Balaban J connectivity index is 4.95. The molecule has 0 nitrogen and oxygen atoms in total. The first kappa shape index (κ1) is 11.3. The Morgan fingerprint density at radius 2 is 1.58 bits per heavy atom. The molecule has 0 amide bonds. The first-order valence-electron chi connectivity index (χ1n) is 3.60. The van der Waals surface area contributed by atoms with Crippen molar-refractivity contribution in [3.05, 3.63) is 24.3 Å². The van der Waals surface area contributed by atoms with Crippen molar-refractivity contribution < 1.29 is 13.2 Å². The van der Waals surface area contributed by atoms with Gasteiger partial charge in [0, 0.05) is 5.57 Å². The van der Waals surface area contributed by atoms with E-state index in [1.807, 2.05) is 0 Å². The second kappa shape index (κ2) is 3.33. The summed E-state index contributed by atoms with van der Waals surface area (Å²) in [7, 11) is 0. The average Bonchev–Trinajstić information content (AvgIpc) is 1.77. The molecule has 0 aromatic rings. The summed E-state index contributed by atoms with van der Waals surface area (Å²) in [5.74, 6) is 0. The van der Waals surface area contributed by atoms with Gasteiger partial charge in [-0.15, -0.1) is 0 Å². The molecule has 0 aromatic heterocycles. The van der Waals surface area contributed by atoms with Crippen LogP contribution in [0.2, 0.25) is 0 Å². The fraction of sp³-hybridized carbons (Fsp3) is 0.556. The molecule has 70 valence electrons. The molecule has 0 spiro atoms. The largest absolute Gasteiger partial charge is 0.413 e. The molecule has 0 bridgehead atoms. The van der Waals surface area contributed by atoms with Crippen molar-refractivity contribution in [3.63, 3.8) is 0 Å². The maximum atomic E-state index is 12.3. The van der Waals surface area contributed by atoms with Gasteiger partial charge in [-0.1, -0.05) is 39.5 Å².